The van der Waals surface area contributed by atoms with Crippen LogP contribution in [-0.2, 0) is 6.54 Å². The summed E-state index contributed by atoms with van der Waals surface area (Å²) >= 11 is 7.56. The van der Waals surface area contributed by atoms with Gasteiger partial charge in [-0.05, 0) is 39.2 Å². The van der Waals surface area contributed by atoms with E-state index < -0.39 is 0 Å². The van der Waals surface area contributed by atoms with E-state index in [1.54, 1.807) is 23.6 Å². The lowest BCUT2D eigenvalue weighted by Gasteiger charge is -2.08. The van der Waals surface area contributed by atoms with Gasteiger partial charge in [0.05, 0.1) is 10.6 Å². The van der Waals surface area contributed by atoms with Gasteiger partial charge in [-0.15, -0.1) is 11.3 Å². The number of amides is 2. The molecule has 0 atom stereocenters. The van der Waals surface area contributed by atoms with Crippen LogP contribution in [0, 0.1) is 0 Å². The van der Waals surface area contributed by atoms with Gasteiger partial charge in [-0.1, -0.05) is 11.6 Å². The van der Waals surface area contributed by atoms with Gasteiger partial charge in [-0.3, -0.25) is 9.59 Å². The summed E-state index contributed by atoms with van der Waals surface area (Å²) in [7, 11) is 3.89. The summed E-state index contributed by atoms with van der Waals surface area (Å²) in [5.74, 6) is -0.550. The molecule has 0 radical (unpaired) electrons. The number of carbonyl (C=O) groups is 2. The highest BCUT2D eigenvalue weighted by molar-refractivity contribution is 7.09. The molecule has 2 amide bonds. The van der Waals surface area contributed by atoms with E-state index in [4.69, 9.17) is 11.6 Å². The van der Waals surface area contributed by atoms with Gasteiger partial charge in [0.1, 0.15) is 10.7 Å². The topological polar surface area (TPSA) is 74.3 Å². The van der Waals surface area contributed by atoms with Crippen molar-refractivity contribution < 1.29 is 9.59 Å². The fourth-order valence-electron chi connectivity index (χ4n) is 1.99. The minimum absolute atomic E-state index is 0.242. The molecule has 2 aromatic rings. The molecule has 0 bridgehead atoms. The van der Waals surface area contributed by atoms with Crippen molar-refractivity contribution in [1.29, 1.82) is 0 Å². The van der Waals surface area contributed by atoms with E-state index in [1.807, 2.05) is 25.9 Å². The van der Waals surface area contributed by atoms with Crippen LogP contribution in [0.15, 0.2) is 23.6 Å². The molecular formula is C16H19ClN4O2S. The number of anilines is 1. The smallest absolute Gasteiger partial charge is 0.275 e. The highest BCUT2D eigenvalue weighted by Gasteiger charge is 2.14. The quantitative estimate of drug-likeness (QED) is 0.824. The molecule has 0 spiro atoms. The van der Waals surface area contributed by atoms with Crippen LogP contribution < -0.4 is 10.6 Å². The Labute approximate surface area is 149 Å². The molecular weight excluding hydrogens is 348 g/mol. The Bertz CT molecular complexity index is 745. The monoisotopic (exact) mass is 366 g/mol. The predicted octanol–water partition coefficient (Wildman–Crippen LogP) is 2.86. The second kappa shape index (κ2) is 8.23. The lowest BCUT2D eigenvalue weighted by atomic mass is 10.2. The molecule has 2 rings (SSSR count). The first-order chi connectivity index (χ1) is 11.4. The molecule has 0 aliphatic heterocycles. The number of hydrogen-bond acceptors (Lipinski definition) is 5. The van der Waals surface area contributed by atoms with E-state index >= 15 is 0 Å². The molecule has 24 heavy (non-hydrogen) atoms. The van der Waals surface area contributed by atoms with Gasteiger partial charge >= 0.3 is 0 Å². The van der Waals surface area contributed by atoms with Crippen molar-refractivity contribution in [3.05, 3.63) is 44.9 Å². The number of rotatable bonds is 6. The zero-order valence-corrected chi connectivity index (χ0v) is 15.3. The Hall–Kier alpha value is -1.96. The van der Waals surface area contributed by atoms with Crippen LogP contribution in [0.2, 0.25) is 5.02 Å². The van der Waals surface area contributed by atoms with Crippen molar-refractivity contribution in [3.63, 3.8) is 0 Å². The normalized spacial score (nSPS) is 10.7. The summed E-state index contributed by atoms with van der Waals surface area (Å²) in [5.41, 5.74) is 1.25. The third-order valence-corrected chi connectivity index (χ3v) is 4.19. The van der Waals surface area contributed by atoms with Crippen molar-refractivity contribution in [2.24, 2.45) is 0 Å². The van der Waals surface area contributed by atoms with Crippen LogP contribution in [0.1, 0.15) is 32.8 Å². The van der Waals surface area contributed by atoms with Crippen LogP contribution >= 0.6 is 22.9 Å². The first-order valence-corrected chi connectivity index (χ1v) is 8.64. The van der Waals surface area contributed by atoms with Gasteiger partial charge in [0, 0.05) is 24.2 Å². The summed E-state index contributed by atoms with van der Waals surface area (Å²) in [6.07, 6.45) is 0. The third-order valence-electron chi connectivity index (χ3n) is 3.04. The van der Waals surface area contributed by atoms with E-state index in [0.29, 0.717) is 30.0 Å². The van der Waals surface area contributed by atoms with Crippen molar-refractivity contribution >= 4 is 40.4 Å². The second-order valence-electron chi connectivity index (χ2n) is 5.37. The maximum absolute atomic E-state index is 12.2. The number of halogens is 1. The maximum atomic E-state index is 12.2. The van der Waals surface area contributed by atoms with E-state index in [1.165, 1.54) is 11.3 Å². The van der Waals surface area contributed by atoms with Crippen LogP contribution in [0.25, 0.3) is 0 Å². The van der Waals surface area contributed by atoms with Crippen LogP contribution in [0.4, 0.5) is 5.69 Å². The molecule has 6 nitrogen and oxygen atoms in total. The highest BCUT2D eigenvalue weighted by atomic mass is 35.5. The fourth-order valence-corrected chi connectivity index (χ4v) is 3.14. The lowest BCUT2D eigenvalue weighted by molar-refractivity contribution is 0.0955. The van der Waals surface area contributed by atoms with Crippen molar-refractivity contribution in [2.75, 3.05) is 26.0 Å². The summed E-state index contributed by atoms with van der Waals surface area (Å²) < 4.78 is 0. The molecule has 1 aromatic carbocycles. The summed E-state index contributed by atoms with van der Waals surface area (Å²) in [6, 6.07) is 4.78. The first-order valence-electron chi connectivity index (χ1n) is 7.39. The van der Waals surface area contributed by atoms with Crippen molar-refractivity contribution in [1.82, 2.24) is 15.2 Å². The van der Waals surface area contributed by atoms with E-state index in [2.05, 4.69) is 15.6 Å². The summed E-state index contributed by atoms with van der Waals surface area (Å²) in [6.45, 7) is 3.04. The Morgan fingerprint density at radius 1 is 1.29 bits per heavy atom. The molecule has 0 saturated carbocycles. The van der Waals surface area contributed by atoms with Gasteiger partial charge in [-0.25, -0.2) is 4.98 Å². The molecule has 0 fully saturated rings. The van der Waals surface area contributed by atoms with E-state index in [-0.39, 0.29) is 16.8 Å². The van der Waals surface area contributed by atoms with Gasteiger partial charge in [0.25, 0.3) is 11.8 Å². The molecule has 128 valence electrons. The lowest BCUT2D eigenvalue weighted by Crippen LogP contribution is -2.23. The largest absolute Gasteiger partial charge is 0.352 e. The standard InChI is InChI=1S/C16H19ClN4O2S/c1-4-18-15(22)11-6-5-10(7-12(11)17)19-16(23)13-9-24-14(20-13)8-21(2)3/h5-7,9H,4,8H2,1-3H3,(H,18,22)(H,19,23). The molecule has 8 heteroatoms. The zero-order valence-electron chi connectivity index (χ0n) is 13.7. The minimum atomic E-state index is -0.307. The number of benzene rings is 1. The van der Waals surface area contributed by atoms with Crippen molar-refractivity contribution in [2.45, 2.75) is 13.5 Å². The van der Waals surface area contributed by atoms with E-state index in [9.17, 15) is 9.59 Å². The fraction of sp³-hybridized carbons (Fsp3) is 0.312. The van der Waals surface area contributed by atoms with Crippen molar-refractivity contribution in [3.8, 4) is 0 Å². The molecule has 0 aliphatic rings. The SMILES string of the molecule is CCNC(=O)c1ccc(NC(=O)c2csc(CN(C)C)n2)cc1Cl. The third kappa shape index (κ3) is 4.77. The minimum Gasteiger partial charge on any atom is -0.352 e. The van der Waals surface area contributed by atoms with Gasteiger partial charge in [-0.2, -0.15) is 0 Å². The van der Waals surface area contributed by atoms with Crippen LogP contribution in [0.5, 0.6) is 0 Å². The zero-order chi connectivity index (χ0) is 17.7. The number of carbonyl (C=O) groups excluding carboxylic acids is 2. The Morgan fingerprint density at radius 2 is 2.04 bits per heavy atom. The Balaban J connectivity index is 2.07. The molecule has 1 heterocycles. The Kier molecular flexibility index (Phi) is 6.30. The maximum Gasteiger partial charge on any atom is 0.275 e. The second-order valence-corrected chi connectivity index (χ2v) is 6.72. The summed E-state index contributed by atoms with van der Waals surface area (Å²) in [5, 5.41) is 8.30. The average molecular weight is 367 g/mol. The number of hydrogen-bond donors (Lipinski definition) is 2. The summed E-state index contributed by atoms with van der Waals surface area (Å²) in [4.78, 5) is 30.4. The predicted molar refractivity (Wildman–Crippen MR) is 96.9 cm³/mol. The average Bonchev–Trinajstić information content (AvgIpc) is 2.95. The van der Waals surface area contributed by atoms with E-state index in [0.717, 1.165) is 5.01 Å². The molecule has 1 aromatic heterocycles. The van der Waals surface area contributed by atoms with Gasteiger partial charge in [0.2, 0.25) is 0 Å². The molecule has 0 unspecified atom stereocenters. The Morgan fingerprint density at radius 3 is 2.67 bits per heavy atom. The van der Waals surface area contributed by atoms with Crippen LogP contribution in [0.3, 0.4) is 0 Å². The van der Waals surface area contributed by atoms with Gasteiger partial charge in [0.15, 0.2) is 0 Å². The molecule has 0 aliphatic carbocycles. The van der Waals surface area contributed by atoms with Crippen LogP contribution in [-0.4, -0.2) is 42.3 Å². The molecule has 2 N–H and O–H groups in total. The molecule has 0 saturated heterocycles. The number of nitrogens with zero attached hydrogens (tertiary/aromatic N) is 2. The number of nitrogens with one attached hydrogen (secondary N) is 2. The number of aromatic nitrogens is 1. The highest BCUT2D eigenvalue weighted by Crippen LogP contribution is 2.22. The number of thiazole rings is 1. The van der Waals surface area contributed by atoms with Gasteiger partial charge < -0.3 is 15.5 Å². The first kappa shape index (κ1) is 18.4.